The number of carbonyl (C=O) groups is 1. The van der Waals surface area contributed by atoms with E-state index in [1.54, 1.807) is 6.92 Å². The van der Waals surface area contributed by atoms with Crippen LogP contribution in [0.2, 0.25) is 0 Å². The minimum Gasteiger partial charge on any atom is -0.494 e. The highest BCUT2D eigenvalue weighted by atomic mass is 16.5. The molecule has 2 rings (SSSR count). The third-order valence-corrected chi connectivity index (χ3v) is 3.09. The van der Waals surface area contributed by atoms with E-state index in [9.17, 15) is 4.79 Å². The first kappa shape index (κ1) is 16.1. The first-order chi connectivity index (χ1) is 10.7. The fourth-order valence-corrected chi connectivity index (χ4v) is 2.00. The molecule has 0 aliphatic carbocycles. The second-order valence-corrected chi connectivity index (χ2v) is 4.92. The highest BCUT2D eigenvalue weighted by Crippen LogP contribution is 2.18. The van der Waals surface area contributed by atoms with Crippen molar-refractivity contribution in [2.45, 2.75) is 39.5 Å². The Hall–Kier alpha value is -2.24. The minimum atomic E-state index is -0.348. The molecule has 0 aliphatic heterocycles. The number of rotatable bonds is 8. The summed E-state index contributed by atoms with van der Waals surface area (Å²) in [5.74, 6) is 0.778. The molecule has 1 aromatic carbocycles. The van der Waals surface area contributed by atoms with Crippen LogP contribution < -0.4 is 4.74 Å². The molecular weight excluding hydrogens is 282 g/mol. The quantitative estimate of drug-likeness (QED) is 0.551. The first-order valence-electron chi connectivity index (χ1n) is 7.64. The monoisotopic (exact) mass is 303 g/mol. The number of hydrogen-bond donors (Lipinski definition) is 0. The van der Waals surface area contributed by atoms with Crippen molar-refractivity contribution in [3.8, 4) is 5.75 Å². The molecule has 1 heterocycles. The Bertz CT molecular complexity index is 631. The van der Waals surface area contributed by atoms with Crippen molar-refractivity contribution in [2.75, 3.05) is 13.2 Å². The van der Waals surface area contributed by atoms with E-state index >= 15 is 0 Å². The van der Waals surface area contributed by atoms with Gasteiger partial charge in [0.15, 0.2) is 5.82 Å². The molecule has 0 saturated heterocycles. The normalized spacial score (nSPS) is 10.6. The van der Waals surface area contributed by atoms with Crippen molar-refractivity contribution in [1.29, 1.82) is 0 Å². The second-order valence-electron chi connectivity index (χ2n) is 4.92. The molecule has 0 radical (unpaired) electrons. The van der Waals surface area contributed by atoms with Crippen molar-refractivity contribution < 1.29 is 14.3 Å². The molecule has 1 aromatic heterocycles. The van der Waals surface area contributed by atoms with Gasteiger partial charge in [-0.05, 0) is 25.5 Å². The minimum absolute atomic E-state index is 0.0338. The van der Waals surface area contributed by atoms with Crippen LogP contribution in [-0.4, -0.2) is 34.4 Å². The third-order valence-electron chi connectivity index (χ3n) is 3.09. The lowest BCUT2D eigenvalue weighted by Crippen LogP contribution is -2.11. The molecule has 0 aliphatic rings. The fraction of sp³-hybridized carbons (Fsp3) is 0.500. The lowest BCUT2D eigenvalue weighted by Gasteiger charge is -2.06. The van der Waals surface area contributed by atoms with Crippen LogP contribution >= 0.6 is 0 Å². The maximum atomic E-state index is 11.4. The summed E-state index contributed by atoms with van der Waals surface area (Å²) < 4.78 is 10.5. The molecule has 0 amide bonds. The number of carbonyl (C=O) groups excluding carboxylic acids is 1. The summed E-state index contributed by atoms with van der Waals surface area (Å²) in [6.07, 6.45) is 3.40. The Labute approximate surface area is 129 Å². The predicted molar refractivity (Wildman–Crippen MR) is 82.7 cm³/mol. The number of aromatic nitrogens is 3. The van der Waals surface area contributed by atoms with E-state index < -0.39 is 0 Å². The van der Waals surface area contributed by atoms with E-state index in [1.165, 1.54) is 6.42 Å². The molecule has 6 nitrogen and oxygen atoms in total. The van der Waals surface area contributed by atoms with Crippen molar-refractivity contribution >= 4 is 17.0 Å². The summed E-state index contributed by atoms with van der Waals surface area (Å²) in [6, 6.07) is 5.50. The van der Waals surface area contributed by atoms with E-state index in [4.69, 9.17) is 9.47 Å². The summed E-state index contributed by atoms with van der Waals surface area (Å²) in [5, 5.41) is 8.06. The van der Waals surface area contributed by atoms with Gasteiger partial charge in [0.05, 0.1) is 18.7 Å². The Morgan fingerprint density at radius 2 is 2.00 bits per heavy atom. The van der Waals surface area contributed by atoms with E-state index in [0.29, 0.717) is 30.1 Å². The Balaban J connectivity index is 2.03. The highest BCUT2D eigenvalue weighted by molar-refractivity contribution is 5.76. The number of nitrogens with zero attached hydrogens (tertiary/aromatic N) is 3. The smallest absolute Gasteiger partial charge is 0.313 e. The molecule has 22 heavy (non-hydrogen) atoms. The van der Waals surface area contributed by atoms with Gasteiger partial charge in [-0.25, -0.2) is 4.98 Å². The van der Waals surface area contributed by atoms with Gasteiger partial charge in [-0.3, -0.25) is 4.79 Å². The number of ether oxygens (including phenoxy) is 2. The molecule has 0 fully saturated rings. The zero-order valence-corrected chi connectivity index (χ0v) is 13.0. The largest absolute Gasteiger partial charge is 0.494 e. The van der Waals surface area contributed by atoms with Gasteiger partial charge in [0.25, 0.3) is 0 Å². The van der Waals surface area contributed by atoms with Gasteiger partial charge >= 0.3 is 5.97 Å². The SMILES string of the molecule is CCCCCOc1ccc2nc(CC(=O)OCC)nnc2c1. The van der Waals surface area contributed by atoms with Crippen LogP contribution in [0.1, 0.15) is 38.9 Å². The summed E-state index contributed by atoms with van der Waals surface area (Å²) in [4.78, 5) is 15.7. The first-order valence-corrected chi connectivity index (χ1v) is 7.64. The molecule has 0 atom stereocenters. The van der Waals surface area contributed by atoms with Crippen molar-refractivity contribution in [1.82, 2.24) is 15.2 Å². The van der Waals surface area contributed by atoms with Gasteiger partial charge in [0, 0.05) is 6.07 Å². The number of hydrogen-bond acceptors (Lipinski definition) is 6. The molecule has 0 saturated carbocycles. The van der Waals surface area contributed by atoms with Gasteiger partial charge in [0.2, 0.25) is 0 Å². The van der Waals surface area contributed by atoms with Gasteiger partial charge < -0.3 is 9.47 Å². The Morgan fingerprint density at radius 3 is 2.77 bits per heavy atom. The molecule has 0 unspecified atom stereocenters. The van der Waals surface area contributed by atoms with Crippen molar-refractivity contribution in [2.24, 2.45) is 0 Å². The maximum absolute atomic E-state index is 11.4. The van der Waals surface area contributed by atoms with Crippen LogP contribution in [0.25, 0.3) is 11.0 Å². The Kier molecular flexibility index (Phi) is 6.06. The fourth-order valence-electron chi connectivity index (χ4n) is 2.00. The van der Waals surface area contributed by atoms with Crippen molar-refractivity contribution in [3.05, 3.63) is 24.0 Å². The summed E-state index contributed by atoms with van der Waals surface area (Å²) in [6.45, 7) is 4.96. The molecule has 2 aromatic rings. The predicted octanol–water partition coefficient (Wildman–Crippen LogP) is 2.70. The lowest BCUT2D eigenvalue weighted by molar-refractivity contribution is -0.142. The van der Waals surface area contributed by atoms with E-state index in [2.05, 4.69) is 22.1 Å². The molecular formula is C16H21N3O3. The second kappa shape index (κ2) is 8.26. The number of benzene rings is 1. The number of esters is 1. The number of unbranched alkanes of at least 4 members (excludes halogenated alkanes) is 2. The topological polar surface area (TPSA) is 74.2 Å². The maximum Gasteiger partial charge on any atom is 0.313 e. The standard InChI is InChI=1S/C16H21N3O3/c1-3-5-6-9-22-12-7-8-13-14(10-12)18-19-15(17-13)11-16(20)21-4-2/h7-8,10H,3-6,9,11H2,1-2H3. The van der Waals surface area contributed by atoms with Gasteiger partial charge in [-0.15, -0.1) is 10.2 Å². The summed E-state index contributed by atoms with van der Waals surface area (Å²) in [5.41, 5.74) is 1.34. The lowest BCUT2D eigenvalue weighted by atomic mass is 10.2. The molecule has 118 valence electrons. The van der Waals surface area contributed by atoms with Gasteiger partial charge in [-0.2, -0.15) is 0 Å². The van der Waals surface area contributed by atoms with E-state index in [-0.39, 0.29) is 12.4 Å². The zero-order chi connectivity index (χ0) is 15.8. The molecule has 0 spiro atoms. The average Bonchev–Trinajstić information content (AvgIpc) is 2.52. The van der Waals surface area contributed by atoms with Gasteiger partial charge in [-0.1, -0.05) is 19.8 Å². The van der Waals surface area contributed by atoms with E-state index in [1.807, 2.05) is 18.2 Å². The van der Waals surface area contributed by atoms with Crippen LogP contribution in [0.5, 0.6) is 5.75 Å². The van der Waals surface area contributed by atoms with Gasteiger partial charge in [0.1, 0.15) is 17.7 Å². The van der Waals surface area contributed by atoms with E-state index in [0.717, 1.165) is 18.6 Å². The molecule has 0 N–H and O–H groups in total. The van der Waals surface area contributed by atoms with Crippen LogP contribution in [0, 0.1) is 0 Å². The highest BCUT2D eigenvalue weighted by Gasteiger charge is 2.09. The van der Waals surface area contributed by atoms with Crippen LogP contribution in [-0.2, 0) is 16.0 Å². The zero-order valence-electron chi connectivity index (χ0n) is 13.0. The van der Waals surface area contributed by atoms with Crippen LogP contribution in [0.4, 0.5) is 0 Å². The summed E-state index contributed by atoms with van der Waals surface area (Å²) in [7, 11) is 0. The summed E-state index contributed by atoms with van der Waals surface area (Å²) >= 11 is 0. The van der Waals surface area contributed by atoms with Crippen LogP contribution in [0.3, 0.4) is 0 Å². The molecule has 0 bridgehead atoms. The average molecular weight is 303 g/mol. The third kappa shape index (κ3) is 4.65. The van der Waals surface area contributed by atoms with Crippen LogP contribution in [0.15, 0.2) is 18.2 Å². The number of fused-ring (bicyclic) bond motifs is 1. The van der Waals surface area contributed by atoms with Crippen molar-refractivity contribution in [3.63, 3.8) is 0 Å². The molecule has 6 heteroatoms. The Morgan fingerprint density at radius 1 is 1.14 bits per heavy atom.